The smallest absolute Gasteiger partial charge is 0.313 e. The molecule has 1 fully saturated rings. The highest BCUT2D eigenvalue weighted by atomic mass is 32.2. The van der Waals surface area contributed by atoms with Gasteiger partial charge < -0.3 is 14.4 Å². The van der Waals surface area contributed by atoms with E-state index in [1.807, 2.05) is 10.8 Å². The average molecular weight is 284 g/mol. The summed E-state index contributed by atoms with van der Waals surface area (Å²) in [6.45, 7) is 1.40. The molecule has 0 spiro atoms. The van der Waals surface area contributed by atoms with Crippen molar-refractivity contribution in [3.05, 3.63) is 12.4 Å². The first-order valence-corrected chi connectivity index (χ1v) is 7.71. The third-order valence-corrected chi connectivity index (χ3v) is 4.23. The Labute approximate surface area is 117 Å². The number of hydrogen-bond acceptors (Lipinski definition) is 4. The summed E-state index contributed by atoms with van der Waals surface area (Å²) in [5.74, 6) is -0.779. The van der Waals surface area contributed by atoms with Crippen LogP contribution in [0, 0.1) is 0 Å². The molecule has 1 aromatic heterocycles. The van der Waals surface area contributed by atoms with Crippen LogP contribution in [0.4, 0.5) is 0 Å². The number of rotatable bonds is 7. The summed E-state index contributed by atoms with van der Waals surface area (Å²) >= 11 is 1.24. The molecule has 1 aromatic rings. The SMILES string of the molecule is O=C(O)CSc1nccn1CCOC1CCCCC1. The molecule has 1 N–H and O–H groups in total. The molecule has 106 valence electrons. The van der Waals surface area contributed by atoms with Crippen LogP contribution < -0.4 is 0 Å². The second-order valence-electron chi connectivity index (χ2n) is 4.72. The Bertz CT molecular complexity index is 402. The van der Waals surface area contributed by atoms with Crippen LogP contribution in [0.5, 0.6) is 0 Å². The van der Waals surface area contributed by atoms with Crippen LogP contribution in [0.25, 0.3) is 0 Å². The Morgan fingerprint density at radius 1 is 1.47 bits per heavy atom. The van der Waals surface area contributed by atoms with Gasteiger partial charge in [-0.3, -0.25) is 4.79 Å². The van der Waals surface area contributed by atoms with Gasteiger partial charge in [0.15, 0.2) is 5.16 Å². The highest BCUT2D eigenvalue weighted by molar-refractivity contribution is 7.99. The summed E-state index contributed by atoms with van der Waals surface area (Å²) in [7, 11) is 0. The number of carboxylic acid groups (broad SMARTS) is 1. The summed E-state index contributed by atoms with van der Waals surface area (Å²) < 4.78 is 7.82. The number of hydrogen-bond donors (Lipinski definition) is 1. The van der Waals surface area contributed by atoms with Crippen molar-refractivity contribution in [2.24, 2.45) is 0 Å². The van der Waals surface area contributed by atoms with E-state index < -0.39 is 5.97 Å². The number of imidazole rings is 1. The largest absolute Gasteiger partial charge is 0.481 e. The van der Waals surface area contributed by atoms with Crippen molar-refractivity contribution in [3.8, 4) is 0 Å². The van der Waals surface area contributed by atoms with E-state index in [-0.39, 0.29) is 5.75 Å². The number of aliphatic carboxylic acids is 1. The molecular formula is C13H20N2O3S. The fourth-order valence-electron chi connectivity index (χ4n) is 2.28. The van der Waals surface area contributed by atoms with Gasteiger partial charge in [-0.1, -0.05) is 31.0 Å². The van der Waals surface area contributed by atoms with Crippen molar-refractivity contribution in [2.45, 2.75) is 49.9 Å². The maximum Gasteiger partial charge on any atom is 0.313 e. The molecule has 0 aliphatic heterocycles. The lowest BCUT2D eigenvalue weighted by atomic mass is 9.98. The normalized spacial score (nSPS) is 16.6. The number of thioether (sulfide) groups is 1. The number of carbonyl (C=O) groups is 1. The van der Waals surface area contributed by atoms with E-state index >= 15 is 0 Å². The van der Waals surface area contributed by atoms with Crippen LogP contribution in [-0.2, 0) is 16.1 Å². The number of carboxylic acids is 1. The minimum atomic E-state index is -0.821. The molecule has 0 saturated heterocycles. The molecule has 0 amide bonds. The maximum atomic E-state index is 10.5. The summed E-state index contributed by atoms with van der Waals surface area (Å²) in [6, 6.07) is 0. The van der Waals surface area contributed by atoms with Gasteiger partial charge in [0.2, 0.25) is 0 Å². The number of ether oxygens (including phenoxy) is 1. The topological polar surface area (TPSA) is 64.3 Å². The van der Waals surface area contributed by atoms with Crippen LogP contribution in [-0.4, -0.2) is 39.1 Å². The number of nitrogens with zero attached hydrogens (tertiary/aromatic N) is 2. The fraction of sp³-hybridized carbons (Fsp3) is 0.692. The predicted molar refractivity (Wildman–Crippen MR) is 73.4 cm³/mol. The van der Waals surface area contributed by atoms with E-state index in [2.05, 4.69) is 4.98 Å². The molecule has 0 unspecified atom stereocenters. The Morgan fingerprint density at radius 2 is 2.26 bits per heavy atom. The van der Waals surface area contributed by atoms with Crippen LogP contribution >= 0.6 is 11.8 Å². The van der Waals surface area contributed by atoms with Crippen molar-refractivity contribution in [3.63, 3.8) is 0 Å². The fourth-order valence-corrected chi connectivity index (χ4v) is 2.99. The van der Waals surface area contributed by atoms with Crippen molar-refractivity contribution in [1.82, 2.24) is 9.55 Å². The van der Waals surface area contributed by atoms with Crippen molar-refractivity contribution in [1.29, 1.82) is 0 Å². The van der Waals surface area contributed by atoms with Gasteiger partial charge in [-0.25, -0.2) is 4.98 Å². The van der Waals surface area contributed by atoms with Crippen LogP contribution in [0.3, 0.4) is 0 Å². The van der Waals surface area contributed by atoms with Gasteiger partial charge in [-0.05, 0) is 12.8 Å². The van der Waals surface area contributed by atoms with E-state index in [0.29, 0.717) is 12.7 Å². The number of aromatic nitrogens is 2. The lowest BCUT2D eigenvalue weighted by molar-refractivity contribution is -0.133. The summed E-state index contributed by atoms with van der Waals surface area (Å²) in [5.41, 5.74) is 0. The Morgan fingerprint density at radius 3 is 3.00 bits per heavy atom. The molecule has 0 radical (unpaired) electrons. The van der Waals surface area contributed by atoms with Crippen molar-refractivity contribution in [2.75, 3.05) is 12.4 Å². The average Bonchev–Trinajstić information content (AvgIpc) is 2.85. The van der Waals surface area contributed by atoms with Gasteiger partial charge in [0.1, 0.15) is 0 Å². The summed E-state index contributed by atoms with van der Waals surface area (Å²) in [6.07, 6.45) is 10.2. The van der Waals surface area contributed by atoms with E-state index in [4.69, 9.17) is 9.84 Å². The lowest BCUT2D eigenvalue weighted by Crippen LogP contribution is -2.19. The van der Waals surface area contributed by atoms with Crippen LogP contribution in [0.1, 0.15) is 32.1 Å². The van der Waals surface area contributed by atoms with E-state index in [1.165, 1.54) is 43.9 Å². The zero-order valence-electron chi connectivity index (χ0n) is 11.0. The van der Waals surface area contributed by atoms with Crippen molar-refractivity contribution < 1.29 is 14.6 Å². The lowest BCUT2D eigenvalue weighted by Gasteiger charge is -2.22. The Hall–Kier alpha value is -1.01. The maximum absolute atomic E-state index is 10.5. The van der Waals surface area contributed by atoms with Crippen LogP contribution in [0.2, 0.25) is 0 Å². The molecule has 1 heterocycles. The molecule has 1 aliphatic rings. The third-order valence-electron chi connectivity index (χ3n) is 3.24. The van der Waals surface area contributed by atoms with Crippen molar-refractivity contribution >= 4 is 17.7 Å². The molecule has 1 aliphatic carbocycles. The second-order valence-corrected chi connectivity index (χ2v) is 5.66. The molecule has 6 heteroatoms. The first kappa shape index (κ1) is 14.4. The Balaban J connectivity index is 1.72. The first-order valence-electron chi connectivity index (χ1n) is 6.73. The van der Waals surface area contributed by atoms with Gasteiger partial charge in [-0.2, -0.15) is 0 Å². The van der Waals surface area contributed by atoms with Gasteiger partial charge in [0, 0.05) is 18.9 Å². The highest BCUT2D eigenvalue weighted by Gasteiger charge is 2.13. The van der Waals surface area contributed by atoms with Gasteiger partial charge in [0.05, 0.1) is 18.5 Å². The van der Waals surface area contributed by atoms with Crippen LogP contribution in [0.15, 0.2) is 17.6 Å². The zero-order valence-corrected chi connectivity index (χ0v) is 11.8. The molecule has 5 nitrogen and oxygen atoms in total. The predicted octanol–water partition coefficient (Wildman–Crippen LogP) is 2.41. The zero-order chi connectivity index (χ0) is 13.5. The Kier molecular flexibility index (Phi) is 5.72. The molecule has 1 saturated carbocycles. The second kappa shape index (κ2) is 7.55. The van der Waals surface area contributed by atoms with E-state index in [1.54, 1.807) is 6.20 Å². The van der Waals surface area contributed by atoms with E-state index in [9.17, 15) is 4.79 Å². The molecule has 0 bridgehead atoms. The monoisotopic (exact) mass is 284 g/mol. The minimum Gasteiger partial charge on any atom is -0.481 e. The quantitative estimate of drug-likeness (QED) is 0.779. The standard InChI is InChI=1S/C13H20N2O3S/c16-12(17)10-19-13-14-6-7-15(13)8-9-18-11-4-2-1-3-5-11/h6-7,11H,1-5,8-10H2,(H,16,17). The first-order chi connectivity index (χ1) is 9.25. The third kappa shape index (κ3) is 4.87. The molecule has 2 rings (SSSR count). The van der Waals surface area contributed by atoms with Gasteiger partial charge >= 0.3 is 5.97 Å². The van der Waals surface area contributed by atoms with Gasteiger partial charge in [0.25, 0.3) is 0 Å². The molecular weight excluding hydrogens is 264 g/mol. The molecule has 0 aromatic carbocycles. The summed E-state index contributed by atoms with van der Waals surface area (Å²) in [4.78, 5) is 14.7. The van der Waals surface area contributed by atoms with Gasteiger partial charge in [-0.15, -0.1) is 0 Å². The minimum absolute atomic E-state index is 0.0422. The molecule has 19 heavy (non-hydrogen) atoms. The van der Waals surface area contributed by atoms with E-state index in [0.717, 1.165) is 11.7 Å². The molecule has 0 atom stereocenters. The summed E-state index contributed by atoms with van der Waals surface area (Å²) in [5, 5.41) is 9.41. The highest BCUT2D eigenvalue weighted by Crippen LogP contribution is 2.20.